The van der Waals surface area contributed by atoms with Crippen LogP contribution in [0.3, 0.4) is 0 Å². The summed E-state index contributed by atoms with van der Waals surface area (Å²) >= 11 is 6.01. The lowest BCUT2D eigenvalue weighted by Crippen LogP contribution is -2.04. The zero-order chi connectivity index (χ0) is 31.8. The Hall–Kier alpha value is -4.99. The molecule has 3 heterocycles. The lowest BCUT2D eigenvalue weighted by atomic mass is 10.1. The fraction of sp³-hybridized carbons (Fsp3) is 0.0667. The Balaban J connectivity index is 0.000000211. The number of carbonyl (C=O) groups excluding carboxylic acids is 2. The Bertz CT molecular complexity index is 1920. The van der Waals surface area contributed by atoms with Crippen LogP contribution in [0.5, 0.6) is 0 Å². The number of nitrogens with one attached hydrogen (secondary N) is 3. The smallest absolute Gasteiger partial charge is 0.223 e. The van der Waals surface area contributed by atoms with Gasteiger partial charge in [-0.25, -0.2) is 9.37 Å². The second-order valence-electron chi connectivity index (χ2n) is 9.16. The van der Waals surface area contributed by atoms with E-state index in [0.29, 0.717) is 26.8 Å². The van der Waals surface area contributed by atoms with Crippen molar-refractivity contribution in [2.75, 3.05) is 16.0 Å². The van der Waals surface area contributed by atoms with Gasteiger partial charge in [0.15, 0.2) is 5.82 Å². The molecule has 3 N–H and O–H groups in total. The van der Waals surface area contributed by atoms with Crippen molar-refractivity contribution < 1.29 is 14.0 Å². The average Bonchev–Trinajstić information content (AvgIpc) is 3.68. The van der Waals surface area contributed by atoms with Gasteiger partial charge in [0.2, 0.25) is 22.1 Å². The minimum Gasteiger partial charge on any atom is -0.338 e. The Labute approximate surface area is 273 Å². The Morgan fingerprint density at radius 1 is 0.667 bits per heavy atom. The van der Waals surface area contributed by atoms with Gasteiger partial charge in [0.05, 0.1) is 0 Å². The molecule has 0 unspecified atom stereocenters. The SMILES string of the molecule is CC(=O)Nc1nnc(-c2ccc(Br)cc2)s1.CC(=O)Nc1nnc(-c2ccc(Nc3nccnc3-c3ccc(F)cc3)cc2)s1. The van der Waals surface area contributed by atoms with Crippen molar-refractivity contribution in [3.05, 3.63) is 95.5 Å². The third kappa shape index (κ3) is 8.78. The van der Waals surface area contributed by atoms with E-state index in [1.807, 2.05) is 48.5 Å². The van der Waals surface area contributed by atoms with Crippen molar-refractivity contribution in [1.29, 1.82) is 0 Å². The quantitative estimate of drug-likeness (QED) is 0.154. The molecule has 0 saturated carbocycles. The number of nitrogens with zero attached hydrogens (tertiary/aromatic N) is 6. The molecule has 226 valence electrons. The van der Waals surface area contributed by atoms with E-state index in [-0.39, 0.29) is 17.6 Å². The van der Waals surface area contributed by atoms with E-state index < -0.39 is 0 Å². The molecule has 0 bridgehead atoms. The highest BCUT2D eigenvalue weighted by molar-refractivity contribution is 9.10. The van der Waals surface area contributed by atoms with Crippen molar-refractivity contribution in [3.8, 4) is 32.4 Å². The van der Waals surface area contributed by atoms with Crippen molar-refractivity contribution >= 4 is 72.2 Å². The second kappa shape index (κ2) is 14.7. The van der Waals surface area contributed by atoms with E-state index in [0.717, 1.165) is 31.9 Å². The van der Waals surface area contributed by atoms with Crippen molar-refractivity contribution in [1.82, 2.24) is 30.4 Å². The first kappa shape index (κ1) is 31.4. The van der Waals surface area contributed by atoms with Gasteiger partial charge in [-0.2, -0.15) is 0 Å². The third-order valence-corrected chi connectivity index (χ3v) is 8.02. The molecule has 0 aliphatic carbocycles. The molecule has 3 aromatic heterocycles. The first-order valence-electron chi connectivity index (χ1n) is 13.2. The van der Waals surface area contributed by atoms with E-state index in [1.54, 1.807) is 24.5 Å². The minimum absolute atomic E-state index is 0.140. The molecule has 0 radical (unpaired) electrons. The summed E-state index contributed by atoms with van der Waals surface area (Å²) in [6.07, 6.45) is 3.18. The number of halogens is 2. The van der Waals surface area contributed by atoms with Crippen LogP contribution in [0.4, 0.5) is 26.2 Å². The second-order valence-corrected chi connectivity index (χ2v) is 12.0. The van der Waals surface area contributed by atoms with Gasteiger partial charge in [-0.05, 0) is 60.7 Å². The van der Waals surface area contributed by atoms with Crippen molar-refractivity contribution in [2.45, 2.75) is 13.8 Å². The Morgan fingerprint density at radius 3 is 1.69 bits per heavy atom. The molecule has 45 heavy (non-hydrogen) atoms. The summed E-state index contributed by atoms with van der Waals surface area (Å²) in [6, 6.07) is 21.4. The first-order chi connectivity index (χ1) is 21.7. The lowest BCUT2D eigenvalue weighted by molar-refractivity contribution is -0.115. The summed E-state index contributed by atoms with van der Waals surface area (Å²) in [5.74, 6) is -0.0662. The molecule has 0 spiro atoms. The molecule has 6 rings (SSSR count). The molecular formula is C30H23BrFN9O2S2. The van der Waals surface area contributed by atoms with Gasteiger partial charge >= 0.3 is 0 Å². The summed E-state index contributed by atoms with van der Waals surface area (Å²) in [5.41, 5.74) is 4.06. The van der Waals surface area contributed by atoms with E-state index in [4.69, 9.17) is 0 Å². The first-order valence-corrected chi connectivity index (χ1v) is 15.6. The average molecular weight is 705 g/mol. The van der Waals surface area contributed by atoms with Gasteiger partial charge in [-0.15, -0.1) is 20.4 Å². The molecule has 0 aliphatic rings. The van der Waals surface area contributed by atoms with Crippen molar-refractivity contribution in [3.63, 3.8) is 0 Å². The topological polar surface area (TPSA) is 148 Å². The van der Waals surface area contributed by atoms with Crippen LogP contribution in [0.2, 0.25) is 0 Å². The highest BCUT2D eigenvalue weighted by atomic mass is 79.9. The lowest BCUT2D eigenvalue weighted by Gasteiger charge is -2.10. The van der Waals surface area contributed by atoms with E-state index >= 15 is 0 Å². The minimum atomic E-state index is -0.305. The maximum Gasteiger partial charge on any atom is 0.223 e. The number of hydrogen-bond acceptors (Lipinski definition) is 11. The normalized spacial score (nSPS) is 10.4. The summed E-state index contributed by atoms with van der Waals surface area (Å²) in [5, 5.41) is 26.9. The van der Waals surface area contributed by atoms with E-state index in [9.17, 15) is 14.0 Å². The van der Waals surface area contributed by atoms with Crippen LogP contribution < -0.4 is 16.0 Å². The van der Waals surface area contributed by atoms with Gasteiger partial charge in [-0.1, -0.05) is 50.7 Å². The van der Waals surface area contributed by atoms with Crippen LogP contribution >= 0.6 is 38.6 Å². The molecule has 0 aliphatic heterocycles. The summed E-state index contributed by atoms with van der Waals surface area (Å²) in [7, 11) is 0. The van der Waals surface area contributed by atoms with E-state index in [2.05, 4.69) is 62.2 Å². The highest BCUT2D eigenvalue weighted by Gasteiger charge is 2.11. The van der Waals surface area contributed by atoms with E-state index in [1.165, 1.54) is 48.7 Å². The van der Waals surface area contributed by atoms with Crippen LogP contribution in [0, 0.1) is 5.82 Å². The van der Waals surface area contributed by atoms with Gasteiger partial charge in [0.1, 0.15) is 21.5 Å². The highest BCUT2D eigenvalue weighted by Crippen LogP contribution is 2.30. The summed E-state index contributed by atoms with van der Waals surface area (Å²) in [6.45, 7) is 2.87. The molecule has 11 nitrogen and oxygen atoms in total. The maximum absolute atomic E-state index is 13.2. The number of carbonyl (C=O) groups is 2. The van der Waals surface area contributed by atoms with Gasteiger partial charge in [0.25, 0.3) is 0 Å². The fourth-order valence-corrected chi connectivity index (χ4v) is 5.61. The van der Waals surface area contributed by atoms with Gasteiger partial charge < -0.3 is 16.0 Å². The standard InChI is InChI=1S/C20H15FN6OS.C10H8BrN3OS/c1-12(28)24-20-27-26-19(29-20)14-4-8-16(9-5-14)25-18-17(22-10-11-23-18)13-2-6-15(21)7-3-13;1-6(15)12-10-14-13-9(16-10)7-2-4-8(11)5-3-7/h2-11H,1H3,(H,23,25)(H,24,27,28);2-5H,1H3,(H,12,14,15). The molecule has 15 heteroatoms. The molecule has 3 aromatic carbocycles. The number of amides is 2. The molecule has 2 amide bonds. The fourth-order valence-electron chi connectivity index (χ4n) is 3.76. The Morgan fingerprint density at radius 2 is 1.16 bits per heavy atom. The zero-order valence-electron chi connectivity index (χ0n) is 23.7. The molecule has 0 saturated heterocycles. The number of benzene rings is 3. The predicted molar refractivity (Wildman–Crippen MR) is 178 cm³/mol. The maximum atomic E-state index is 13.2. The molecule has 0 atom stereocenters. The van der Waals surface area contributed by atoms with Crippen molar-refractivity contribution in [2.24, 2.45) is 0 Å². The monoisotopic (exact) mass is 703 g/mol. The number of hydrogen-bond donors (Lipinski definition) is 3. The Kier molecular flexibility index (Phi) is 10.2. The summed E-state index contributed by atoms with van der Waals surface area (Å²) in [4.78, 5) is 30.7. The van der Waals surface area contributed by atoms with Gasteiger partial charge in [0, 0.05) is 53.1 Å². The number of aromatic nitrogens is 6. The number of rotatable bonds is 7. The molecule has 0 fully saturated rings. The third-order valence-electron chi connectivity index (χ3n) is 5.72. The van der Waals surface area contributed by atoms with Crippen LogP contribution in [-0.2, 0) is 9.59 Å². The summed E-state index contributed by atoms with van der Waals surface area (Å²) < 4.78 is 14.2. The number of anilines is 4. The van der Waals surface area contributed by atoms with Gasteiger partial charge in [-0.3, -0.25) is 14.6 Å². The largest absolute Gasteiger partial charge is 0.338 e. The molecule has 6 aromatic rings. The van der Waals surface area contributed by atoms with Crippen LogP contribution in [-0.4, -0.2) is 42.2 Å². The zero-order valence-corrected chi connectivity index (χ0v) is 26.9. The predicted octanol–water partition coefficient (Wildman–Crippen LogP) is 7.43. The van der Waals surface area contributed by atoms with Crippen LogP contribution in [0.25, 0.3) is 32.4 Å². The van der Waals surface area contributed by atoms with Crippen LogP contribution in [0.15, 0.2) is 89.7 Å². The molecular weight excluding hydrogens is 681 g/mol. The van der Waals surface area contributed by atoms with Crippen LogP contribution in [0.1, 0.15) is 13.8 Å².